The molecule has 0 radical (unpaired) electrons. The summed E-state index contributed by atoms with van der Waals surface area (Å²) >= 11 is 1.26. The van der Waals surface area contributed by atoms with E-state index < -0.39 is 0 Å². The zero-order chi connectivity index (χ0) is 19.1. The molecule has 0 aliphatic heterocycles. The van der Waals surface area contributed by atoms with E-state index in [1.54, 1.807) is 10.3 Å². The fraction of sp³-hybridized carbons (Fsp3) is 0.190. The van der Waals surface area contributed by atoms with Gasteiger partial charge in [-0.2, -0.15) is 0 Å². The van der Waals surface area contributed by atoms with Crippen LogP contribution >= 0.6 is 11.3 Å². The quantitative estimate of drug-likeness (QED) is 0.675. The molecule has 27 heavy (non-hydrogen) atoms. The molecule has 3 rings (SSSR count). The first-order chi connectivity index (χ1) is 13.2. The first-order valence-electron chi connectivity index (χ1n) is 8.78. The van der Waals surface area contributed by atoms with Crippen LogP contribution in [0.2, 0.25) is 0 Å². The van der Waals surface area contributed by atoms with Crippen molar-refractivity contribution in [2.45, 2.75) is 19.9 Å². The van der Waals surface area contributed by atoms with Gasteiger partial charge in [0.15, 0.2) is 5.13 Å². The molecule has 0 fully saturated rings. The molecule has 0 saturated carbocycles. The Balaban J connectivity index is 1.61. The smallest absolute Gasteiger partial charge is 0.273 e. The van der Waals surface area contributed by atoms with Crippen molar-refractivity contribution in [3.63, 3.8) is 0 Å². The van der Waals surface area contributed by atoms with Crippen molar-refractivity contribution in [1.29, 1.82) is 0 Å². The summed E-state index contributed by atoms with van der Waals surface area (Å²) in [4.78, 5) is 30.9. The Bertz CT molecular complexity index is 894. The number of nitrogens with zero attached hydrogens (tertiary/aromatic N) is 2. The summed E-state index contributed by atoms with van der Waals surface area (Å²) in [5.74, 6) is -0.285. The standard InChI is InChI=1S/C21H21N3O2S/c1-2-24(14-17-11-7-4-8-12-17)20(26)18-15-27-21(22-18)23-19(25)13-16-9-5-3-6-10-16/h3-12,15H,2,13-14H2,1H3,(H,22,23,25). The molecule has 2 amide bonds. The maximum atomic E-state index is 12.7. The number of thiazole rings is 1. The molecular weight excluding hydrogens is 358 g/mol. The highest BCUT2D eigenvalue weighted by Crippen LogP contribution is 2.18. The van der Waals surface area contributed by atoms with Gasteiger partial charge in [0.1, 0.15) is 5.69 Å². The molecule has 0 spiro atoms. The number of hydrogen-bond donors (Lipinski definition) is 1. The third-order valence-electron chi connectivity index (χ3n) is 4.06. The number of aromatic nitrogens is 1. The molecule has 0 atom stereocenters. The molecule has 1 N–H and O–H groups in total. The summed E-state index contributed by atoms with van der Waals surface area (Å²) in [5.41, 5.74) is 2.36. The molecular formula is C21H21N3O2S. The summed E-state index contributed by atoms with van der Waals surface area (Å²) < 4.78 is 0. The lowest BCUT2D eigenvalue weighted by atomic mass is 10.1. The van der Waals surface area contributed by atoms with E-state index in [4.69, 9.17) is 0 Å². The third kappa shape index (κ3) is 5.24. The van der Waals surface area contributed by atoms with E-state index in [1.807, 2.05) is 67.6 Å². The fourth-order valence-electron chi connectivity index (χ4n) is 2.67. The minimum atomic E-state index is -0.147. The summed E-state index contributed by atoms with van der Waals surface area (Å²) in [6.07, 6.45) is 0.277. The van der Waals surface area contributed by atoms with Crippen molar-refractivity contribution in [3.8, 4) is 0 Å². The molecule has 0 unspecified atom stereocenters. The zero-order valence-corrected chi connectivity index (χ0v) is 15.9. The van der Waals surface area contributed by atoms with Crippen LogP contribution in [0, 0.1) is 0 Å². The summed E-state index contributed by atoms with van der Waals surface area (Å²) in [6, 6.07) is 19.4. The summed E-state index contributed by atoms with van der Waals surface area (Å²) in [7, 11) is 0. The van der Waals surface area contributed by atoms with Crippen molar-refractivity contribution >= 4 is 28.3 Å². The first kappa shape index (κ1) is 18.8. The highest BCUT2D eigenvalue weighted by atomic mass is 32.1. The topological polar surface area (TPSA) is 62.3 Å². The van der Waals surface area contributed by atoms with Gasteiger partial charge in [-0.15, -0.1) is 11.3 Å². The second-order valence-electron chi connectivity index (χ2n) is 6.05. The second-order valence-corrected chi connectivity index (χ2v) is 6.91. The molecule has 6 heteroatoms. The molecule has 0 aliphatic carbocycles. The van der Waals surface area contributed by atoms with Crippen molar-refractivity contribution in [2.24, 2.45) is 0 Å². The van der Waals surface area contributed by atoms with Crippen LogP contribution in [0.15, 0.2) is 66.0 Å². The maximum absolute atomic E-state index is 12.7. The molecule has 5 nitrogen and oxygen atoms in total. The van der Waals surface area contributed by atoms with Crippen molar-refractivity contribution < 1.29 is 9.59 Å². The SMILES string of the molecule is CCN(Cc1ccccc1)C(=O)c1csc(NC(=O)Cc2ccccc2)n1. The van der Waals surface area contributed by atoms with Crippen LogP contribution in [0.4, 0.5) is 5.13 Å². The van der Waals surface area contributed by atoms with Gasteiger partial charge in [0.05, 0.1) is 6.42 Å². The number of rotatable bonds is 7. The van der Waals surface area contributed by atoms with Crippen LogP contribution < -0.4 is 5.32 Å². The Morgan fingerprint density at radius 3 is 2.26 bits per heavy atom. The van der Waals surface area contributed by atoms with Crippen LogP contribution in [0.5, 0.6) is 0 Å². The van der Waals surface area contributed by atoms with Gasteiger partial charge in [-0.05, 0) is 18.1 Å². The maximum Gasteiger partial charge on any atom is 0.273 e. The van der Waals surface area contributed by atoms with Crippen molar-refractivity contribution in [3.05, 3.63) is 82.9 Å². The van der Waals surface area contributed by atoms with E-state index in [1.165, 1.54) is 11.3 Å². The average molecular weight is 379 g/mol. The number of hydrogen-bond acceptors (Lipinski definition) is 4. The molecule has 2 aromatic carbocycles. The Labute approximate surface area is 162 Å². The van der Waals surface area contributed by atoms with E-state index in [0.717, 1.165) is 11.1 Å². The number of benzene rings is 2. The predicted molar refractivity (Wildman–Crippen MR) is 108 cm³/mol. The van der Waals surface area contributed by atoms with E-state index >= 15 is 0 Å². The summed E-state index contributed by atoms with van der Waals surface area (Å²) in [6.45, 7) is 3.06. The van der Waals surface area contributed by atoms with Gasteiger partial charge in [0.2, 0.25) is 5.91 Å². The van der Waals surface area contributed by atoms with Crippen LogP contribution in [0.25, 0.3) is 0 Å². The number of amides is 2. The normalized spacial score (nSPS) is 10.4. The second kappa shape index (κ2) is 9.09. The summed E-state index contributed by atoms with van der Waals surface area (Å²) in [5, 5.41) is 4.90. The third-order valence-corrected chi connectivity index (χ3v) is 4.82. The average Bonchev–Trinajstić information content (AvgIpc) is 3.15. The largest absolute Gasteiger partial charge is 0.333 e. The molecule has 1 heterocycles. The number of nitrogens with one attached hydrogen (secondary N) is 1. The lowest BCUT2D eigenvalue weighted by molar-refractivity contribution is -0.115. The Morgan fingerprint density at radius 2 is 1.63 bits per heavy atom. The van der Waals surface area contributed by atoms with E-state index in [2.05, 4.69) is 10.3 Å². The van der Waals surface area contributed by atoms with Gasteiger partial charge in [0.25, 0.3) is 5.91 Å². The Hall–Kier alpha value is -2.99. The van der Waals surface area contributed by atoms with Gasteiger partial charge in [-0.3, -0.25) is 9.59 Å². The van der Waals surface area contributed by atoms with Crippen LogP contribution in [-0.4, -0.2) is 28.2 Å². The van der Waals surface area contributed by atoms with Gasteiger partial charge < -0.3 is 10.2 Å². The van der Waals surface area contributed by atoms with Crippen molar-refractivity contribution in [1.82, 2.24) is 9.88 Å². The van der Waals surface area contributed by atoms with Gasteiger partial charge >= 0.3 is 0 Å². The predicted octanol–water partition coefficient (Wildman–Crippen LogP) is 3.99. The van der Waals surface area contributed by atoms with Crippen LogP contribution in [-0.2, 0) is 17.8 Å². The molecule has 3 aromatic rings. The van der Waals surface area contributed by atoms with Crippen molar-refractivity contribution in [2.75, 3.05) is 11.9 Å². The number of carbonyl (C=O) groups excluding carboxylic acids is 2. The van der Waals surface area contributed by atoms with E-state index in [9.17, 15) is 9.59 Å². The minimum Gasteiger partial charge on any atom is -0.333 e. The first-order valence-corrected chi connectivity index (χ1v) is 9.66. The molecule has 0 saturated heterocycles. The van der Waals surface area contributed by atoms with E-state index in [-0.39, 0.29) is 18.2 Å². The zero-order valence-electron chi connectivity index (χ0n) is 15.1. The highest BCUT2D eigenvalue weighted by Gasteiger charge is 2.18. The monoisotopic (exact) mass is 379 g/mol. The lowest BCUT2D eigenvalue weighted by Crippen LogP contribution is -2.30. The molecule has 0 bridgehead atoms. The Morgan fingerprint density at radius 1 is 1.00 bits per heavy atom. The number of carbonyl (C=O) groups is 2. The van der Waals surface area contributed by atoms with Gasteiger partial charge in [0, 0.05) is 18.5 Å². The molecule has 1 aromatic heterocycles. The van der Waals surface area contributed by atoms with Gasteiger partial charge in [-0.25, -0.2) is 4.98 Å². The number of anilines is 1. The van der Waals surface area contributed by atoms with Gasteiger partial charge in [-0.1, -0.05) is 60.7 Å². The Kier molecular flexibility index (Phi) is 6.33. The molecule has 0 aliphatic rings. The minimum absolute atomic E-state index is 0.138. The molecule has 138 valence electrons. The fourth-order valence-corrected chi connectivity index (χ4v) is 3.37. The highest BCUT2D eigenvalue weighted by molar-refractivity contribution is 7.14. The lowest BCUT2D eigenvalue weighted by Gasteiger charge is -2.19. The van der Waals surface area contributed by atoms with Crippen LogP contribution in [0.1, 0.15) is 28.5 Å². The van der Waals surface area contributed by atoms with E-state index in [0.29, 0.717) is 23.9 Å². The van der Waals surface area contributed by atoms with Crippen LogP contribution in [0.3, 0.4) is 0 Å².